The van der Waals surface area contributed by atoms with E-state index >= 15 is 0 Å². The van der Waals surface area contributed by atoms with Crippen LogP contribution in [-0.4, -0.2) is 12.0 Å². The zero-order valence-corrected chi connectivity index (χ0v) is 12.0. The minimum atomic E-state index is 0.480. The number of thiophene rings is 1. The van der Waals surface area contributed by atoms with Gasteiger partial charge >= 0.3 is 0 Å². The van der Waals surface area contributed by atoms with E-state index in [1.807, 2.05) is 6.92 Å². The Labute approximate surface area is 112 Å². The molecule has 0 unspecified atom stereocenters. The minimum absolute atomic E-state index is 0.480. The van der Waals surface area contributed by atoms with Gasteiger partial charge in [-0.05, 0) is 30.0 Å². The summed E-state index contributed by atoms with van der Waals surface area (Å²) in [5.41, 5.74) is 2.42. The second-order valence-corrected chi connectivity index (χ2v) is 5.66. The summed E-state index contributed by atoms with van der Waals surface area (Å²) >= 11 is 1.71. The van der Waals surface area contributed by atoms with Crippen molar-refractivity contribution in [3.8, 4) is 10.6 Å². The Kier molecular flexibility index (Phi) is 3.57. The average molecular weight is 262 g/mol. The third kappa shape index (κ3) is 2.34. The predicted octanol–water partition coefficient (Wildman–Crippen LogP) is 4.60. The lowest BCUT2D eigenvalue weighted by atomic mass is 10.0. The van der Waals surface area contributed by atoms with Crippen molar-refractivity contribution >= 4 is 22.9 Å². The quantitative estimate of drug-likeness (QED) is 0.875. The summed E-state index contributed by atoms with van der Waals surface area (Å²) < 4.78 is 5.61. The summed E-state index contributed by atoms with van der Waals surface area (Å²) in [6.07, 6.45) is 1.75. The van der Waals surface area contributed by atoms with Crippen LogP contribution in [0, 0.1) is 0 Å². The fourth-order valence-corrected chi connectivity index (χ4v) is 2.98. The van der Waals surface area contributed by atoms with Crippen molar-refractivity contribution in [2.75, 3.05) is 12.4 Å². The highest BCUT2D eigenvalue weighted by molar-refractivity contribution is 7.16. The molecule has 0 bridgehead atoms. The van der Waals surface area contributed by atoms with Crippen LogP contribution in [0.4, 0.5) is 6.01 Å². The van der Waals surface area contributed by atoms with E-state index in [1.54, 1.807) is 24.6 Å². The number of rotatable bonds is 4. The molecule has 2 heterocycles. The number of oxazole rings is 1. The second-order valence-electron chi connectivity index (χ2n) is 4.61. The maximum absolute atomic E-state index is 5.61. The number of nitrogens with zero attached hydrogens (tertiary/aromatic N) is 1. The van der Waals surface area contributed by atoms with E-state index in [-0.39, 0.29) is 0 Å². The third-order valence-corrected chi connectivity index (χ3v) is 4.06. The van der Waals surface area contributed by atoms with Gasteiger partial charge in [-0.2, -0.15) is 0 Å². The van der Waals surface area contributed by atoms with E-state index in [0.29, 0.717) is 11.9 Å². The van der Waals surface area contributed by atoms with Gasteiger partial charge in [-0.1, -0.05) is 20.4 Å². The fourth-order valence-electron chi connectivity index (χ4n) is 1.79. The number of hydrogen-bond donors (Lipinski definition) is 1. The lowest BCUT2D eigenvalue weighted by Crippen LogP contribution is -1.87. The lowest BCUT2D eigenvalue weighted by Gasteiger charge is -2.05. The summed E-state index contributed by atoms with van der Waals surface area (Å²) in [5, 5.41) is 2.89. The smallest absolute Gasteiger partial charge is 0.294 e. The van der Waals surface area contributed by atoms with Crippen molar-refractivity contribution in [3.63, 3.8) is 0 Å². The lowest BCUT2D eigenvalue weighted by molar-refractivity contribution is 0.591. The molecular weight excluding hydrogens is 244 g/mol. The van der Waals surface area contributed by atoms with Crippen LogP contribution in [0.25, 0.3) is 16.2 Å². The molecule has 0 radical (unpaired) electrons. The van der Waals surface area contributed by atoms with Gasteiger partial charge in [0.1, 0.15) is 0 Å². The van der Waals surface area contributed by atoms with Crippen LogP contribution in [0.15, 0.2) is 23.3 Å². The van der Waals surface area contributed by atoms with E-state index in [0.717, 1.165) is 16.2 Å². The van der Waals surface area contributed by atoms with Crippen LogP contribution in [0.3, 0.4) is 0 Å². The highest BCUT2D eigenvalue weighted by Crippen LogP contribution is 2.38. The van der Waals surface area contributed by atoms with Gasteiger partial charge in [-0.15, -0.1) is 11.3 Å². The Bertz CT molecular complexity index is 566. The standard InChI is InChI=1S/C14H18N2OS/c1-8(2)10-6-12(18-13(10)9(3)4)11-7-16-14(15-5)17-11/h6-8H,3H2,1-2,4-5H3,(H,15,16). The number of allylic oxidation sites excluding steroid dienone is 1. The van der Waals surface area contributed by atoms with Crippen LogP contribution >= 0.6 is 11.3 Å². The second kappa shape index (κ2) is 4.98. The number of anilines is 1. The molecule has 0 fully saturated rings. The van der Waals surface area contributed by atoms with Crippen molar-refractivity contribution in [1.82, 2.24) is 4.98 Å². The summed E-state index contributed by atoms with van der Waals surface area (Å²) in [7, 11) is 1.79. The number of nitrogens with one attached hydrogen (secondary N) is 1. The molecule has 0 aliphatic rings. The molecule has 18 heavy (non-hydrogen) atoms. The molecule has 96 valence electrons. The van der Waals surface area contributed by atoms with Crippen LogP contribution in [-0.2, 0) is 0 Å². The Morgan fingerprint density at radius 3 is 2.67 bits per heavy atom. The first-order valence-electron chi connectivity index (χ1n) is 5.96. The highest BCUT2D eigenvalue weighted by Gasteiger charge is 2.16. The summed E-state index contributed by atoms with van der Waals surface area (Å²) in [4.78, 5) is 6.50. The van der Waals surface area contributed by atoms with Crippen LogP contribution in [0.2, 0.25) is 0 Å². The Hall–Kier alpha value is -1.55. The molecule has 0 saturated heterocycles. The van der Waals surface area contributed by atoms with E-state index in [4.69, 9.17) is 4.42 Å². The largest absolute Gasteiger partial charge is 0.423 e. The minimum Gasteiger partial charge on any atom is -0.423 e. The van der Waals surface area contributed by atoms with Gasteiger partial charge in [0, 0.05) is 11.9 Å². The zero-order chi connectivity index (χ0) is 13.3. The SMILES string of the molecule is C=C(C)c1sc(-c2cnc(NC)o2)cc1C(C)C. The molecule has 0 aliphatic heterocycles. The molecule has 1 N–H and O–H groups in total. The molecule has 2 aromatic heterocycles. The maximum Gasteiger partial charge on any atom is 0.294 e. The summed E-state index contributed by atoms with van der Waals surface area (Å²) in [6.45, 7) is 10.5. The van der Waals surface area contributed by atoms with Gasteiger partial charge in [0.2, 0.25) is 0 Å². The van der Waals surface area contributed by atoms with Crippen molar-refractivity contribution in [1.29, 1.82) is 0 Å². The maximum atomic E-state index is 5.61. The molecule has 0 saturated carbocycles. The van der Waals surface area contributed by atoms with E-state index in [2.05, 4.69) is 36.8 Å². The van der Waals surface area contributed by atoms with Gasteiger partial charge in [0.15, 0.2) is 5.76 Å². The number of aromatic nitrogens is 1. The topological polar surface area (TPSA) is 38.1 Å². The molecule has 4 heteroatoms. The van der Waals surface area contributed by atoms with Crippen molar-refractivity contribution < 1.29 is 4.42 Å². The summed E-state index contributed by atoms with van der Waals surface area (Å²) in [6, 6.07) is 2.72. The Morgan fingerprint density at radius 2 is 2.22 bits per heavy atom. The fraction of sp³-hybridized carbons (Fsp3) is 0.357. The monoisotopic (exact) mass is 262 g/mol. The Morgan fingerprint density at radius 1 is 1.50 bits per heavy atom. The van der Waals surface area contributed by atoms with Gasteiger partial charge < -0.3 is 9.73 Å². The normalized spacial score (nSPS) is 10.9. The van der Waals surface area contributed by atoms with Crippen LogP contribution in [0.1, 0.15) is 37.1 Å². The van der Waals surface area contributed by atoms with Gasteiger partial charge in [-0.3, -0.25) is 0 Å². The number of hydrogen-bond acceptors (Lipinski definition) is 4. The molecule has 0 amide bonds. The predicted molar refractivity (Wildman–Crippen MR) is 78.2 cm³/mol. The van der Waals surface area contributed by atoms with Crippen LogP contribution in [0.5, 0.6) is 0 Å². The molecule has 2 rings (SSSR count). The van der Waals surface area contributed by atoms with Gasteiger partial charge in [-0.25, -0.2) is 4.98 Å². The van der Waals surface area contributed by atoms with Crippen LogP contribution < -0.4 is 5.32 Å². The first kappa shape index (κ1) is 12.9. The molecular formula is C14H18N2OS. The molecule has 3 nitrogen and oxygen atoms in total. The molecule has 0 aromatic carbocycles. The highest BCUT2D eigenvalue weighted by atomic mass is 32.1. The van der Waals surface area contributed by atoms with Crippen molar-refractivity contribution in [2.45, 2.75) is 26.7 Å². The third-order valence-electron chi connectivity index (χ3n) is 2.73. The first-order valence-corrected chi connectivity index (χ1v) is 6.78. The van der Waals surface area contributed by atoms with Gasteiger partial charge in [0.05, 0.1) is 11.1 Å². The van der Waals surface area contributed by atoms with E-state index in [9.17, 15) is 0 Å². The average Bonchev–Trinajstić information content (AvgIpc) is 2.95. The first-order chi connectivity index (χ1) is 8.52. The van der Waals surface area contributed by atoms with Gasteiger partial charge in [0.25, 0.3) is 6.01 Å². The van der Waals surface area contributed by atoms with Crippen molar-refractivity contribution in [2.24, 2.45) is 0 Å². The van der Waals surface area contributed by atoms with E-state index in [1.165, 1.54) is 10.4 Å². The Balaban J connectivity index is 2.46. The molecule has 0 aliphatic carbocycles. The molecule has 0 atom stereocenters. The zero-order valence-electron chi connectivity index (χ0n) is 11.2. The van der Waals surface area contributed by atoms with Crippen molar-refractivity contribution in [3.05, 3.63) is 29.3 Å². The summed E-state index contributed by atoms with van der Waals surface area (Å²) in [5.74, 6) is 1.28. The molecule has 2 aromatic rings. The molecule has 0 spiro atoms. The van der Waals surface area contributed by atoms with E-state index < -0.39 is 0 Å².